The minimum atomic E-state index is -1.25. The highest BCUT2D eigenvalue weighted by molar-refractivity contribution is 6.07. The van der Waals surface area contributed by atoms with Gasteiger partial charge in [0.25, 0.3) is 0 Å². The van der Waals surface area contributed by atoms with Crippen LogP contribution >= 0.6 is 0 Å². The molecule has 0 aliphatic rings. The highest BCUT2D eigenvalue weighted by atomic mass is 16.2. The third-order valence-electron chi connectivity index (χ3n) is 4.50. The van der Waals surface area contributed by atoms with E-state index < -0.39 is 17.7 Å². The number of primary amides is 2. The molecule has 0 radical (unpaired) electrons. The molecule has 0 fully saturated rings. The van der Waals surface area contributed by atoms with E-state index in [9.17, 15) is 9.59 Å². The van der Waals surface area contributed by atoms with Crippen molar-refractivity contribution in [2.45, 2.75) is 12.5 Å². The fourth-order valence-corrected chi connectivity index (χ4v) is 3.28. The van der Waals surface area contributed by atoms with Gasteiger partial charge in [0, 0.05) is 6.54 Å². The van der Waals surface area contributed by atoms with Crippen molar-refractivity contribution in [2.75, 3.05) is 0 Å². The average Bonchev–Trinajstić information content (AvgIpc) is 2.69. The third kappa shape index (κ3) is 3.73. The van der Waals surface area contributed by atoms with Crippen LogP contribution in [0.5, 0.6) is 0 Å². The predicted octanol–water partition coefficient (Wildman–Crippen LogP) is 2.53. The van der Waals surface area contributed by atoms with Gasteiger partial charge in [-0.05, 0) is 45.5 Å². The van der Waals surface area contributed by atoms with Crippen molar-refractivity contribution >= 4 is 11.8 Å². The second-order valence-corrected chi connectivity index (χ2v) is 6.28. The molecule has 2 amide bonds. The molecule has 0 saturated carbocycles. The first kappa shape index (κ1) is 18.4. The van der Waals surface area contributed by atoms with Crippen LogP contribution < -0.4 is 17.2 Å². The van der Waals surface area contributed by atoms with Gasteiger partial charge >= 0.3 is 0 Å². The zero-order valence-corrected chi connectivity index (χ0v) is 14.8. The number of amides is 2. The number of benzene rings is 3. The maximum absolute atomic E-state index is 12.2. The second kappa shape index (κ2) is 7.85. The molecule has 3 aromatic rings. The molecule has 0 aliphatic carbocycles. The number of hydrogen-bond donors (Lipinski definition) is 3. The normalized spacial score (nSPS) is 10.7. The van der Waals surface area contributed by atoms with Gasteiger partial charge in [-0.25, -0.2) is 0 Å². The third-order valence-corrected chi connectivity index (χ3v) is 4.50. The van der Waals surface area contributed by atoms with E-state index >= 15 is 0 Å². The summed E-state index contributed by atoms with van der Waals surface area (Å²) in [6, 6.07) is 22.8. The lowest BCUT2D eigenvalue weighted by molar-refractivity contribution is -0.128. The summed E-state index contributed by atoms with van der Waals surface area (Å²) in [5, 5.41) is 0. The average molecular weight is 359 g/mol. The molecule has 0 bridgehead atoms. The molecule has 5 nitrogen and oxygen atoms in total. The quantitative estimate of drug-likeness (QED) is 0.588. The summed E-state index contributed by atoms with van der Waals surface area (Å²) in [4.78, 5) is 24.3. The largest absolute Gasteiger partial charge is 0.369 e. The van der Waals surface area contributed by atoms with Gasteiger partial charge in [0.15, 0.2) is 0 Å². The Labute approximate surface area is 157 Å². The molecule has 0 heterocycles. The van der Waals surface area contributed by atoms with E-state index in [-0.39, 0.29) is 0 Å². The SMILES string of the molecule is NCc1cc(-c2ccccc2)c(C(C(N)=O)C(N)=O)c(-c2ccccc2)c1. The summed E-state index contributed by atoms with van der Waals surface area (Å²) in [7, 11) is 0. The second-order valence-electron chi connectivity index (χ2n) is 6.28. The Bertz CT molecular complexity index is 895. The summed E-state index contributed by atoms with van der Waals surface area (Å²) < 4.78 is 0. The van der Waals surface area contributed by atoms with Crippen LogP contribution in [0.4, 0.5) is 0 Å². The van der Waals surface area contributed by atoms with Crippen molar-refractivity contribution in [1.29, 1.82) is 0 Å². The maximum Gasteiger partial charge on any atom is 0.234 e. The van der Waals surface area contributed by atoms with Gasteiger partial charge in [0.05, 0.1) is 0 Å². The summed E-state index contributed by atoms with van der Waals surface area (Å²) >= 11 is 0. The zero-order valence-electron chi connectivity index (χ0n) is 14.8. The predicted molar refractivity (Wildman–Crippen MR) is 106 cm³/mol. The highest BCUT2D eigenvalue weighted by Crippen LogP contribution is 2.38. The molecule has 0 aliphatic heterocycles. The zero-order chi connectivity index (χ0) is 19.4. The van der Waals surface area contributed by atoms with Crippen LogP contribution in [0.3, 0.4) is 0 Å². The fraction of sp³-hybridized carbons (Fsp3) is 0.0909. The Kier molecular flexibility index (Phi) is 5.33. The van der Waals surface area contributed by atoms with Gasteiger partial charge < -0.3 is 17.2 Å². The molecule has 27 heavy (non-hydrogen) atoms. The molecule has 0 saturated heterocycles. The van der Waals surface area contributed by atoms with Crippen molar-refractivity contribution in [1.82, 2.24) is 0 Å². The molecule has 0 aromatic heterocycles. The lowest BCUT2D eigenvalue weighted by atomic mass is 9.82. The first-order valence-electron chi connectivity index (χ1n) is 8.59. The molecule has 0 atom stereocenters. The van der Waals surface area contributed by atoms with E-state index in [1.54, 1.807) is 0 Å². The van der Waals surface area contributed by atoms with Gasteiger partial charge in [-0.3, -0.25) is 9.59 Å². The minimum Gasteiger partial charge on any atom is -0.369 e. The first-order chi connectivity index (χ1) is 13.0. The first-order valence-corrected chi connectivity index (χ1v) is 8.59. The number of carbonyl (C=O) groups excluding carboxylic acids is 2. The number of nitrogens with two attached hydrogens (primary N) is 3. The van der Waals surface area contributed by atoms with Crippen molar-refractivity contribution in [2.24, 2.45) is 17.2 Å². The molecular weight excluding hydrogens is 338 g/mol. The summed E-state index contributed by atoms with van der Waals surface area (Å²) in [6.45, 7) is 0.317. The standard InChI is InChI=1S/C22H21N3O2/c23-13-14-11-17(15-7-3-1-4-8-15)19(20(21(24)26)22(25)27)18(12-14)16-9-5-2-6-10-16/h1-12,20H,13,23H2,(H2,24,26)(H2,25,27). The van der Waals surface area contributed by atoms with Crippen LogP contribution in [0.1, 0.15) is 17.0 Å². The Hall–Kier alpha value is -3.44. The van der Waals surface area contributed by atoms with Gasteiger partial charge in [-0.15, -0.1) is 0 Å². The van der Waals surface area contributed by atoms with Gasteiger partial charge in [0.1, 0.15) is 5.92 Å². The van der Waals surface area contributed by atoms with Gasteiger partial charge in [-0.2, -0.15) is 0 Å². The Morgan fingerprint density at radius 1 is 0.741 bits per heavy atom. The van der Waals surface area contributed by atoms with Crippen molar-refractivity contribution in [3.8, 4) is 22.3 Å². The van der Waals surface area contributed by atoms with Crippen LogP contribution in [0.15, 0.2) is 72.8 Å². The topological polar surface area (TPSA) is 112 Å². The molecule has 136 valence electrons. The minimum absolute atomic E-state index is 0.317. The molecule has 6 N–H and O–H groups in total. The maximum atomic E-state index is 12.2. The summed E-state index contributed by atoms with van der Waals surface area (Å²) in [6.07, 6.45) is 0. The van der Waals surface area contributed by atoms with Crippen molar-refractivity contribution in [3.63, 3.8) is 0 Å². The van der Waals surface area contributed by atoms with Crippen molar-refractivity contribution in [3.05, 3.63) is 83.9 Å². The van der Waals surface area contributed by atoms with E-state index in [0.717, 1.165) is 27.8 Å². The fourth-order valence-electron chi connectivity index (χ4n) is 3.28. The highest BCUT2D eigenvalue weighted by Gasteiger charge is 2.30. The van der Waals surface area contributed by atoms with Gasteiger partial charge in [0.2, 0.25) is 11.8 Å². The van der Waals surface area contributed by atoms with E-state index in [1.807, 2.05) is 72.8 Å². The summed E-state index contributed by atoms with van der Waals surface area (Å²) in [5.41, 5.74) is 21.6. The van der Waals surface area contributed by atoms with E-state index in [4.69, 9.17) is 17.2 Å². The molecule has 0 spiro atoms. The molecule has 3 aromatic carbocycles. The molecule has 0 unspecified atom stereocenters. The Morgan fingerprint density at radius 3 is 1.48 bits per heavy atom. The van der Waals surface area contributed by atoms with Crippen LogP contribution in [0, 0.1) is 0 Å². The van der Waals surface area contributed by atoms with Gasteiger partial charge in [-0.1, -0.05) is 60.7 Å². The van der Waals surface area contributed by atoms with E-state index in [0.29, 0.717) is 12.1 Å². The lowest BCUT2D eigenvalue weighted by Crippen LogP contribution is -2.34. The van der Waals surface area contributed by atoms with Crippen LogP contribution in [0.25, 0.3) is 22.3 Å². The Balaban J connectivity index is 2.42. The number of carbonyl (C=O) groups is 2. The van der Waals surface area contributed by atoms with Crippen molar-refractivity contribution < 1.29 is 9.59 Å². The molecular formula is C22H21N3O2. The number of rotatable bonds is 6. The molecule has 5 heteroatoms. The Morgan fingerprint density at radius 2 is 1.15 bits per heavy atom. The van der Waals surface area contributed by atoms with Crippen LogP contribution in [-0.2, 0) is 16.1 Å². The van der Waals surface area contributed by atoms with E-state index in [1.165, 1.54) is 0 Å². The monoisotopic (exact) mass is 359 g/mol. The smallest absolute Gasteiger partial charge is 0.234 e. The summed E-state index contributed by atoms with van der Waals surface area (Å²) in [5.74, 6) is -2.81. The molecule has 3 rings (SSSR count). The number of hydrogen-bond acceptors (Lipinski definition) is 3. The van der Waals surface area contributed by atoms with E-state index in [2.05, 4.69) is 0 Å². The lowest BCUT2D eigenvalue weighted by Gasteiger charge is -2.21. The van der Waals surface area contributed by atoms with Crippen LogP contribution in [-0.4, -0.2) is 11.8 Å². The van der Waals surface area contributed by atoms with Crippen LogP contribution in [0.2, 0.25) is 0 Å².